The highest BCUT2D eigenvalue weighted by atomic mass is 15.0. The Kier molecular flexibility index (Phi) is 1.95. The van der Waals surface area contributed by atoms with Gasteiger partial charge < -0.3 is 4.57 Å². The van der Waals surface area contributed by atoms with Gasteiger partial charge in [-0.15, -0.1) is 0 Å². The van der Waals surface area contributed by atoms with E-state index < -0.39 is 0 Å². The first kappa shape index (κ1) is 9.07. The number of fused-ring (bicyclic) bond motifs is 3. The Morgan fingerprint density at radius 2 is 1.86 bits per heavy atom. The van der Waals surface area contributed by atoms with Crippen LogP contribution in [0.1, 0.15) is 26.0 Å². The molecule has 2 heterocycles. The van der Waals surface area contributed by atoms with Gasteiger partial charge in [-0.1, -0.05) is 31.7 Å². The SMILES string of the molecule is C.C[C@@H]1c2ccccc2-c2cccn21. The van der Waals surface area contributed by atoms with Gasteiger partial charge in [0.25, 0.3) is 0 Å². The van der Waals surface area contributed by atoms with Gasteiger partial charge in [-0.3, -0.25) is 0 Å². The monoisotopic (exact) mass is 185 g/mol. The lowest BCUT2D eigenvalue weighted by molar-refractivity contribution is 0.678. The topological polar surface area (TPSA) is 4.93 Å². The minimum Gasteiger partial charge on any atom is -0.340 e. The standard InChI is InChI=1S/C12H11N.CH4/c1-9-10-5-2-3-6-11(10)12-7-4-8-13(9)12;/h2-9H,1H3;1H4/t9-;/m1./s1. The zero-order valence-electron chi connectivity index (χ0n) is 7.57. The summed E-state index contributed by atoms with van der Waals surface area (Å²) in [5.41, 5.74) is 4.18. The van der Waals surface area contributed by atoms with Crippen LogP contribution in [0.5, 0.6) is 0 Å². The van der Waals surface area contributed by atoms with Crippen LogP contribution >= 0.6 is 0 Å². The normalized spacial score (nSPS) is 17.1. The molecule has 0 radical (unpaired) electrons. The van der Waals surface area contributed by atoms with E-state index in [1.54, 1.807) is 0 Å². The van der Waals surface area contributed by atoms with E-state index in [1.165, 1.54) is 16.8 Å². The summed E-state index contributed by atoms with van der Waals surface area (Å²) < 4.78 is 2.32. The quantitative estimate of drug-likeness (QED) is 0.589. The van der Waals surface area contributed by atoms with Gasteiger partial charge in [-0.2, -0.15) is 0 Å². The molecule has 0 saturated heterocycles. The average molecular weight is 185 g/mol. The van der Waals surface area contributed by atoms with Crippen molar-refractivity contribution in [3.05, 3.63) is 48.2 Å². The number of hydrogen-bond acceptors (Lipinski definition) is 0. The molecule has 1 aromatic carbocycles. The molecule has 3 rings (SSSR count). The molecule has 0 N–H and O–H groups in total. The number of nitrogens with zero attached hydrogens (tertiary/aromatic N) is 1. The maximum atomic E-state index is 2.32. The minimum absolute atomic E-state index is 0. The molecule has 0 spiro atoms. The molecule has 1 aliphatic heterocycles. The highest BCUT2D eigenvalue weighted by molar-refractivity contribution is 5.69. The van der Waals surface area contributed by atoms with Crippen LogP contribution in [0, 0.1) is 0 Å². The van der Waals surface area contributed by atoms with Crippen LogP contribution in [-0.2, 0) is 0 Å². The summed E-state index contributed by atoms with van der Waals surface area (Å²) >= 11 is 0. The first-order valence-electron chi connectivity index (χ1n) is 4.64. The van der Waals surface area contributed by atoms with Crippen molar-refractivity contribution in [3.8, 4) is 11.3 Å². The van der Waals surface area contributed by atoms with Crippen LogP contribution in [0.3, 0.4) is 0 Å². The van der Waals surface area contributed by atoms with Crippen LogP contribution in [0.2, 0.25) is 0 Å². The van der Waals surface area contributed by atoms with E-state index in [-0.39, 0.29) is 7.43 Å². The highest BCUT2D eigenvalue weighted by Gasteiger charge is 2.22. The molecule has 72 valence electrons. The second kappa shape index (κ2) is 3.02. The van der Waals surface area contributed by atoms with E-state index >= 15 is 0 Å². The number of rotatable bonds is 0. The van der Waals surface area contributed by atoms with Crippen molar-refractivity contribution in [2.75, 3.05) is 0 Å². The molecule has 1 aromatic heterocycles. The summed E-state index contributed by atoms with van der Waals surface area (Å²) in [5, 5.41) is 0. The first-order valence-corrected chi connectivity index (χ1v) is 4.64. The summed E-state index contributed by atoms with van der Waals surface area (Å²) in [4.78, 5) is 0. The van der Waals surface area contributed by atoms with E-state index in [0.29, 0.717) is 6.04 Å². The second-order valence-corrected chi connectivity index (χ2v) is 3.56. The van der Waals surface area contributed by atoms with Crippen molar-refractivity contribution in [3.63, 3.8) is 0 Å². The fourth-order valence-electron chi connectivity index (χ4n) is 2.20. The Bertz CT molecular complexity index is 454. The molecule has 0 unspecified atom stereocenters. The van der Waals surface area contributed by atoms with Crippen LogP contribution in [0.4, 0.5) is 0 Å². The molecule has 2 aromatic rings. The van der Waals surface area contributed by atoms with E-state index in [4.69, 9.17) is 0 Å². The van der Waals surface area contributed by atoms with E-state index in [9.17, 15) is 0 Å². The van der Waals surface area contributed by atoms with Crippen molar-refractivity contribution in [2.45, 2.75) is 20.4 Å². The van der Waals surface area contributed by atoms with Gasteiger partial charge in [0.05, 0.1) is 6.04 Å². The summed E-state index contributed by atoms with van der Waals surface area (Å²) in [6, 6.07) is 13.4. The predicted octanol–water partition coefficient (Wildman–Crippen LogP) is 3.71. The van der Waals surface area contributed by atoms with Crippen molar-refractivity contribution >= 4 is 0 Å². The van der Waals surface area contributed by atoms with Gasteiger partial charge in [0.2, 0.25) is 0 Å². The molecule has 1 heteroatoms. The minimum atomic E-state index is 0. The first-order chi connectivity index (χ1) is 6.38. The van der Waals surface area contributed by atoms with Crippen molar-refractivity contribution in [2.24, 2.45) is 0 Å². The van der Waals surface area contributed by atoms with Crippen LogP contribution in [0.15, 0.2) is 42.6 Å². The highest BCUT2D eigenvalue weighted by Crippen LogP contribution is 2.38. The van der Waals surface area contributed by atoms with Gasteiger partial charge >= 0.3 is 0 Å². The Morgan fingerprint density at radius 1 is 1.07 bits per heavy atom. The maximum absolute atomic E-state index is 2.32. The molecule has 1 atom stereocenters. The molecule has 1 nitrogen and oxygen atoms in total. The number of aromatic nitrogens is 1. The van der Waals surface area contributed by atoms with E-state index in [1.807, 2.05) is 0 Å². The van der Waals surface area contributed by atoms with Gasteiger partial charge in [-0.25, -0.2) is 0 Å². The molecule has 0 saturated carbocycles. The van der Waals surface area contributed by atoms with Gasteiger partial charge in [-0.05, 0) is 24.6 Å². The fraction of sp³-hybridized carbons (Fsp3) is 0.231. The van der Waals surface area contributed by atoms with Crippen molar-refractivity contribution in [1.29, 1.82) is 0 Å². The molecule has 0 fully saturated rings. The molecular weight excluding hydrogens is 170 g/mol. The smallest absolute Gasteiger partial charge is 0.0564 e. The Labute approximate surface area is 85.0 Å². The zero-order valence-corrected chi connectivity index (χ0v) is 7.57. The third-order valence-electron chi connectivity index (χ3n) is 2.88. The zero-order chi connectivity index (χ0) is 8.84. The largest absolute Gasteiger partial charge is 0.340 e. The number of benzene rings is 1. The molecule has 1 aliphatic rings. The Morgan fingerprint density at radius 3 is 2.71 bits per heavy atom. The van der Waals surface area contributed by atoms with Crippen LogP contribution in [0.25, 0.3) is 11.3 Å². The summed E-state index contributed by atoms with van der Waals surface area (Å²) in [6.45, 7) is 2.25. The molecule has 0 aliphatic carbocycles. The fourth-order valence-corrected chi connectivity index (χ4v) is 2.20. The summed E-state index contributed by atoms with van der Waals surface area (Å²) in [5.74, 6) is 0. The van der Waals surface area contributed by atoms with Crippen LogP contribution in [-0.4, -0.2) is 4.57 Å². The van der Waals surface area contributed by atoms with Crippen molar-refractivity contribution < 1.29 is 0 Å². The third-order valence-corrected chi connectivity index (χ3v) is 2.88. The average Bonchev–Trinajstić information content (AvgIpc) is 2.72. The summed E-state index contributed by atoms with van der Waals surface area (Å²) in [7, 11) is 0. The lowest BCUT2D eigenvalue weighted by Gasteiger charge is -2.06. The van der Waals surface area contributed by atoms with E-state index in [0.717, 1.165) is 0 Å². The number of hydrogen-bond donors (Lipinski definition) is 0. The maximum Gasteiger partial charge on any atom is 0.0564 e. The van der Waals surface area contributed by atoms with Crippen LogP contribution < -0.4 is 0 Å². The lowest BCUT2D eigenvalue weighted by Crippen LogP contribution is -1.97. The van der Waals surface area contributed by atoms with Crippen molar-refractivity contribution in [1.82, 2.24) is 4.57 Å². The predicted molar refractivity (Wildman–Crippen MR) is 60.4 cm³/mol. The molecule has 14 heavy (non-hydrogen) atoms. The van der Waals surface area contributed by atoms with Gasteiger partial charge in [0.15, 0.2) is 0 Å². The summed E-state index contributed by atoms with van der Waals surface area (Å²) in [6.07, 6.45) is 2.15. The third kappa shape index (κ3) is 0.955. The van der Waals surface area contributed by atoms with Gasteiger partial charge in [0.1, 0.15) is 0 Å². The van der Waals surface area contributed by atoms with E-state index in [2.05, 4.69) is 54.1 Å². The Hall–Kier alpha value is -1.50. The molecule has 0 bridgehead atoms. The molecule has 0 amide bonds. The molecular formula is C13H15N. The van der Waals surface area contributed by atoms with Gasteiger partial charge in [0, 0.05) is 17.5 Å². The second-order valence-electron chi connectivity index (χ2n) is 3.56. The lowest BCUT2D eigenvalue weighted by atomic mass is 10.0. The Balaban J connectivity index is 0.000000750.